The fourth-order valence-electron chi connectivity index (χ4n) is 4.80. The minimum atomic E-state index is 1.18. The Morgan fingerprint density at radius 3 is 1.48 bits per heavy atom. The molecule has 1 aromatic rings. The van der Waals surface area contributed by atoms with Gasteiger partial charge in [0.1, 0.15) is 12.4 Å². The van der Waals surface area contributed by atoms with Gasteiger partial charge in [-0.15, -0.1) is 0 Å². The van der Waals surface area contributed by atoms with E-state index in [2.05, 4.69) is 42.3 Å². The molecule has 0 aliphatic carbocycles. The molecule has 0 aliphatic heterocycles. The van der Waals surface area contributed by atoms with E-state index in [1.54, 1.807) is 5.82 Å². The van der Waals surface area contributed by atoms with Crippen LogP contribution in [0.3, 0.4) is 0 Å². The zero-order valence-electron chi connectivity index (χ0n) is 21.8. The number of nitrogens with zero attached hydrogens (tertiary/aromatic N) is 2. The molecule has 0 saturated heterocycles. The van der Waals surface area contributed by atoms with Crippen molar-refractivity contribution in [3.8, 4) is 0 Å². The zero-order chi connectivity index (χ0) is 22.4. The third-order valence-corrected chi connectivity index (χ3v) is 6.81. The van der Waals surface area contributed by atoms with E-state index >= 15 is 0 Å². The highest BCUT2D eigenvalue weighted by Gasteiger charge is 2.15. The molecular weight excluding hydrogens is 376 g/mol. The number of aromatic nitrogens is 2. The monoisotopic (exact) mass is 433 g/mol. The molecule has 1 heterocycles. The van der Waals surface area contributed by atoms with Crippen LogP contribution in [0.15, 0.2) is 12.4 Å². The summed E-state index contributed by atoms with van der Waals surface area (Å²) in [5.41, 5.74) is 0. The number of imidazole rings is 1. The minimum absolute atomic E-state index is 1.18. The molecule has 1 rings (SSSR count). The summed E-state index contributed by atoms with van der Waals surface area (Å²) >= 11 is 0. The summed E-state index contributed by atoms with van der Waals surface area (Å²) in [4.78, 5) is 0. The van der Waals surface area contributed by atoms with E-state index in [0.29, 0.717) is 0 Å². The van der Waals surface area contributed by atoms with Crippen LogP contribution in [-0.4, -0.2) is 4.57 Å². The van der Waals surface area contributed by atoms with E-state index in [9.17, 15) is 0 Å². The van der Waals surface area contributed by atoms with E-state index in [1.165, 1.54) is 148 Å². The summed E-state index contributed by atoms with van der Waals surface area (Å²) < 4.78 is 5.10. The highest BCUT2D eigenvalue weighted by atomic mass is 15.1. The zero-order valence-corrected chi connectivity index (χ0v) is 21.8. The summed E-state index contributed by atoms with van der Waals surface area (Å²) in [6.45, 7) is 9.30. The van der Waals surface area contributed by atoms with Crippen molar-refractivity contribution in [2.75, 3.05) is 0 Å². The maximum atomic E-state index is 2.57. The molecule has 0 radical (unpaired) electrons. The number of hydrogen-bond donors (Lipinski definition) is 0. The van der Waals surface area contributed by atoms with Gasteiger partial charge in [0.25, 0.3) is 5.82 Å². The molecule has 0 bridgehead atoms. The molecule has 0 fully saturated rings. The van der Waals surface area contributed by atoms with Gasteiger partial charge in [0.15, 0.2) is 0 Å². The van der Waals surface area contributed by atoms with E-state index in [0.717, 1.165) is 0 Å². The first-order valence-corrected chi connectivity index (χ1v) is 14.4. The second kappa shape index (κ2) is 21.1. The topological polar surface area (TPSA) is 8.81 Å². The van der Waals surface area contributed by atoms with Crippen molar-refractivity contribution >= 4 is 0 Å². The van der Waals surface area contributed by atoms with Gasteiger partial charge < -0.3 is 0 Å². The number of unbranched alkanes of at least 4 members (excludes halogenated alkanes) is 17. The molecule has 0 saturated carbocycles. The van der Waals surface area contributed by atoms with Crippen LogP contribution in [0.2, 0.25) is 0 Å². The molecule has 0 atom stereocenters. The predicted molar refractivity (Wildman–Crippen MR) is 138 cm³/mol. The van der Waals surface area contributed by atoms with Gasteiger partial charge in [-0.3, -0.25) is 0 Å². The molecule has 2 nitrogen and oxygen atoms in total. The highest BCUT2D eigenvalue weighted by molar-refractivity contribution is 4.84. The first kappa shape index (κ1) is 28.2. The summed E-state index contributed by atoms with van der Waals surface area (Å²) in [6.07, 6.45) is 34.2. The highest BCUT2D eigenvalue weighted by Crippen LogP contribution is 2.13. The van der Waals surface area contributed by atoms with Crippen LogP contribution in [0.1, 0.15) is 155 Å². The van der Waals surface area contributed by atoms with Crippen molar-refractivity contribution in [3.05, 3.63) is 18.2 Å². The second-order valence-electron chi connectivity index (χ2n) is 9.86. The van der Waals surface area contributed by atoms with Crippen molar-refractivity contribution in [2.45, 2.75) is 169 Å². The Hall–Kier alpha value is -0.790. The van der Waals surface area contributed by atoms with Crippen molar-refractivity contribution < 1.29 is 4.57 Å². The van der Waals surface area contributed by atoms with E-state index in [1.807, 2.05) is 0 Å². The first-order valence-electron chi connectivity index (χ1n) is 14.4. The molecular formula is C29H57N2+. The van der Waals surface area contributed by atoms with Crippen LogP contribution in [0.25, 0.3) is 0 Å². The summed E-state index contributed by atoms with van der Waals surface area (Å²) in [7, 11) is 0. The van der Waals surface area contributed by atoms with Crippen LogP contribution in [0, 0.1) is 0 Å². The van der Waals surface area contributed by atoms with Crippen molar-refractivity contribution in [3.63, 3.8) is 0 Å². The molecule has 0 aliphatic rings. The third-order valence-electron chi connectivity index (χ3n) is 6.81. The van der Waals surface area contributed by atoms with E-state index < -0.39 is 0 Å². The Kier molecular flexibility index (Phi) is 19.2. The van der Waals surface area contributed by atoms with Gasteiger partial charge in [0.2, 0.25) is 0 Å². The fraction of sp³-hybridized carbons (Fsp3) is 0.897. The standard InChI is InChI=1S/C29H57N2/c1-4-7-9-11-13-15-16-17-18-20-22-24-29-30(25-6-3)27-28-31(29)26-23-21-19-14-12-10-8-5-2/h27-28H,4-26H2,1-3H3/q+1. The van der Waals surface area contributed by atoms with Crippen LogP contribution in [-0.2, 0) is 19.5 Å². The van der Waals surface area contributed by atoms with E-state index in [4.69, 9.17) is 0 Å². The van der Waals surface area contributed by atoms with Crippen molar-refractivity contribution in [1.82, 2.24) is 4.57 Å². The van der Waals surface area contributed by atoms with Gasteiger partial charge >= 0.3 is 0 Å². The Labute approximate surface area is 196 Å². The lowest BCUT2D eigenvalue weighted by Gasteiger charge is -2.06. The Bertz CT molecular complexity index is 491. The Morgan fingerprint density at radius 1 is 0.548 bits per heavy atom. The van der Waals surface area contributed by atoms with Gasteiger partial charge in [-0.25, -0.2) is 9.13 Å². The van der Waals surface area contributed by atoms with Crippen molar-refractivity contribution in [1.29, 1.82) is 0 Å². The third kappa shape index (κ3) is 14.8. The number of rotatable bonds is 23. The quantitative estimate of drug-likeness (QED) is 0.120. The largest absolute Gasteiger partial charge is 0.256 e. The van der Waals surface area contributed by atoms with Gasteiger partial charge in [0.05, 0.1) is 13.1 Å². The fourth-order valence-corrected chi connectivity index (χ4v) is 4.80. The summed E-state index contributed by atoms with van der Waals surface area (Å²) in [5.74, 6) is 1.58. The Balaban J connectivity index is 2.18. The lowest BCUT2D eigenvalue weighted by molar-refractivity contribution is -0.703. The lowest BCUT2D eigenvalue weighted by atomic mass is 10.1. The van der Waals surface area contributed by atoms with Crippen LogP contribution >= 0.6 is 0 Å². The average molecular weight is 434 g/mol. The van der Waals surface area contributed by atoms with Crippen LogP contribution in [0.4, 0.5) is 0 Å². The van der Waals surface area contributed by atoms with Crippen molar-refractivity contribution in [2.24, 2.45) is 0 Å². The molecule has 0 spiro atoms. The minimum Gasteiger partial charge on any atom is -0.234 e. The lowest BCUT2D eigenvalue weighted by Crippen LogP contribution is -2.37. The molecule has 0 N–H and O–H groups in total. The molecule has 182 valence electrons. The normalized spacial score (nSPS) is 11.5. The molecule has 0 unspecified atom stereocenters. The first-order chi connectivity index (χ1) is 15.3. The average Bonchev–Trinajstić information content (AvgIpc) is 3.15. The summed E-state index contributed by atoms with van der Waals surface area (Å²) in [6, 6.07) is 0. The van der Waals surface area contributed by atoms with E-state index in [-0.39, 0.29) is 0 Å². The van der Waals surface area contributed by atoms with Crippen LogP contribution in [0.5, 0.6) is 0 Å². The summed E-state index contributed by atoms with van der Waals surface area (Å²) in [5, 5.41) is 0. The van der Waals surface area contributed by atoms with Gasteiger partial charge in [0, 0.05) is 6.42 Å². The molecule has 2 heteroatoms. The Morgan fingerprint density at radius 2 is 1.00 bits per heavy atom. The smallest absolute Gasteiger partial charge is 0.234 e. The van der Waals surface area contributed by atoms with Crippen LogP contribution < -0.4 is 4.57 Å². The predicted octanol–water partition coefficient (Wildman–Crippen LogP) is 9.18. The van der Waals surface area contributed by atoms with Gasteiger partial charge in [-0.1, -0.05) is 124 Å². The van der Waals surface area contributed by atoms with Gasteiger partial charge in [-0.05, 0) is 25.7 Å². The molecule has 1 aromatic heterocycles. The number of aryl methyl sites for hydroxylation is 2. The number of hydrogen-bond acceptors (Lipinski definition) is 0. The van der Waals surface area contributed by atoms with Gasteiger partial charge in [-0.2, -0.15) is 0 Å². The second-order valence-corrected chi connectivity index (χ2v) is 9.86. The molecule has 31 heavy (non-hydrogen) atoms. The SMILES string of the molecule is CCCCCCCCCCCCCc1n(CCCCCCCCCC)cc[n+]1CCC. The molecule has 0 aromatic carbocycles. The maximum Gasteiger partial charge on any atom is 0.256 e. The maximum absolute atomic E-state index is 2.57. The molecule has 0 amide bonds.